The highest BCUT2D eigenvalue weighted by Crippen LogP contribution is 2.29. The number of rotatable bonds is 4. The number of aliphatic hydroxyl groups is 1. The van der Waals surface area contributed by atoms with Gasteiger partial charge in [-0.25, -0.2) is 8.78 Å². The van der Waals surface area contributed by atoms with Crippen LogP contribution in [0, 0.1) is 11.6 Å². The number of benzene rings is 2. The van der Waals surface area contributed by atoms with E-state index in [1.165, 1.54) is 12.1 Å². The molecule has 2 aromatic carbocycles. The minimum Gasteiger partial charge on any atom is -0.388 e. The lowest BCUT2D eigenvalue weighted by molar-refractivity contribution is 0.0661. The molecule has 0 aliphatic carbocycles. The Morgan fingerprint density at radius 3 is 2.67 bits per heavy atom. The van der Waals surface area contributed by atoms with E-state index in [1.807, 2.05) is 30.3 Å². The van der Waals surface area contributed by atoms with Crippen LogP contribution < -0.4 is 0 Å². The van der Waals surface area contributed by atoms with Crippen molar-refractivity contribution in [1.82, 2.24) is 4.90 Å². The molecule has 0 bridgehead atoms. The average Bonchev–Trinajstić information content (AvgIpc) is 3.05. The molecule has 1 saturated heterocycles. The molecule has 0 spiro atoms. The highest BCUT2D eigenvalue weighted by Gasteiger charge is 2.32. The monoisotopic (exact) mass is 331 g/mol. The van der Waals surface area contributed by atoms with Crippen LogP contribution in [0.3, 0.4) is 0 Å². The zero-order valence-corrected chi connectivity index (χ0v) is 13.2. The van der Waals surface area contributed by atoms with Crippen LogP contribution in [0.5, 0.6) is 0 Å². The lowest BCUT2D eigenvalue weighted by Crippen LogP contribution is -2.37. The van der Waals surface area contributed by atoms with Crippen LogP contribution >= 0.6 is 0 Å². The third-order valence-corrected chi connectivity index (χ3v) is 4.50. The van der Waals surface area contributed by atoms with Crippen molar-refractivity contribution in [1.29, 1.82) is 0 Å². The van der Waals surface area contributed by atoms with Crippen LogP contribution in [0.25, 0.3) is 0 Å². The standard InChI is InChI=1S/C19H19F2NO2/c20-16-10-4-9-15(18(16)21)19(24)22-11-5-8-14(22)12-17(23)13-6-2-1-3-7-13/h1-4,6-7,9-10,14,17,23H,5,8,11-12H2. The van der Waals surface area contributed by atoms with Gasteiger partial charge in [0.25, 0.3) is 5.91 Å². The molecule has 1 aliphatic rings. The zero-order chi connectivity index (χ0) is 17.1. The quantitative estimate of drug-likeness (QED) is 0.928. The zero-order valence-electron chi connectivity index (χ0n) is 13.2. The third kappa shape index (κ3) is 3.31. The lowest BCUT2D eigenvalue weighted by Gasteiger charge is -2.27. The van der Waals surface area contributed by atoms with E-state index in [0.717, 1.165) is 24.5 Å². The van der Waals surface area contributed by atoms with Gasteiger partial charge in [0.1, 0.15) is 0 Å². The minimum absolute atomic E-state index is 0.185. The van der Waals surface area contributed by atoms with Crippen LogP contribution in [-0.2, 0) is 0 Å². The summed E-state index contributed by atoms with van der Waals surface area (Å²) in [6.45, 7) is 0.487. The summed E-state index contributed by atoms with van der Waals surface area (Å²) in [4.78, 5) is 14.1. The predicted octanol–water partition coefficient (Wildman–Crippen LogP) is 3.69. The Kier molecular flexibility index (Phi) is 4.90. The fourth-order valence-electron chi connectivity index (χ4n) is 3.24. The topological polar surface area (TPSA) is 40.5 Å². The normalized spacial score (nSPS) is 18.6. The number of aliphatic hydroxyl groups excluding tert-OH is 1. The molecule has 3 nitrogen and oxygen atoms in total. The van der Waals surface area contributed by atoms with Crippen molar-refractivity contribution in [2.45, 2.75) is 31.4 Å². The van der Waals surface area contributed by atoms with Gasteiger partial charge in [-0.1, -0.05) is 36.4 Å². The maximum absolute atomic E-state index is 13.9. The van der Waals surface area contributed by atoms with Crippen molar-refractivity contribution in [3.8, 4) is 0 Å². The minimum atomic E-state index is -1.11. The molecule has 2 unspecified atom stereocenters. The Labute approximate surface area is 139 Å². The molecule has 2 aromatic rings. The summed E-state index contributed by atoms with van der Waals surface area (Å²) in [7, 11) is 0. The van der Waals surface area contributed by atoms with E-state index in [1.54, 1.807) is 4.90 Å². The van der Waals surface area contributed by atoms with E-state index in [4.69, 9.17) is 0 Å². The maximum Gasteiger partial charge on any atom is 0.257 e. The van der Waals surface area contributed by atoms with Crippen molar-refractivity contribution < 1.29 is 18.7 Å². The molecule has 0 radical (unpaired) electrons. The highest BCUT2D eigenvalue weighted by atomic mass is 19.2. The van der Waals surface area contributed by atoms with Gasteiger partial charge in [-0.2, -0.15) is 0 Å². The fourth-order valence-corrected chi connectivity index (χ4v) is 3.24. The fraction of sp³-hybridized carbons (Fsp3) is 0.316. The van der Waals surface area contributed by atoms with Gasteiger partial charge in [-0.15, -0.1) is 0 Å². The van der Waals surface area contributed by atoms with E-state index >= 15 is 0 Å². The van der Waals surface area contributed by atoms with E-state index < -0.39 is 23.6 Å². The van der Waals surface area contributed by atoms with Gasteiger partial charge in [-0.3, -0.25) is 4.79 Å². The van der Waals surface area contributed by atoms with Gasteiger partial charge >= 0.3 is 0 Å². The summed E-state index contributed by atoms with van der Waals surface area (Å²) < 4.78 is 27.3. The van der Waals surface area contributed by atoms with Gasteiger partial charge in [0.2, 0.25) is 0 Å². The number of amides is 1. The second-order valence-corrected chi connectivity index (χ2v) is 6.06. The van der Waals surface area contributed by atoms with Crippen molar-refractivity contribution in [3.05, 3.63) is 71.3 Å². The summed E-state index contributed by atoms with van der Waals surface area (Å²) in [5.41, 5.74) is 0.532. The Bertz CT molecular complexity index is 721. The van der Waals surface area contributed by atoms with Crippen molar-refractivity contribution in [2.75, 3.05) is 6.54 Å². The first-order valence-electron chi connectivity index (χ1n) is 8.06. The van der Waals surface area contributed by atoms with Crippen molar-refractivity contribution in [2.24, 2.45) is 0 Å². The Morgan fingerprint density at radius 1 is 1.17 bits per heavy atom. The summed E-state index contributed by atoms with van der Waals surface area (Å²) in [6, 6.07) is 12.7. The SMILES string of the molecule is O=C(c1cccc(F)c1F)N1CCCC1CC(O)c1ccccc1. The van der Waals surface area contributed by atoms with Gasteiger partial charge < -0.3 is 10.0 Å². The molecule has 1 heterocycles. The number of carbonyl (C=O) groups is 1. The number of hydrogen-bond donors (Lipinski definition) is 1. The number of hydrogen-bond acceptors (Lipinski definition) is 2. The number of halogens is 2. The van der Waals surface area contributed by atoms with Gasteiger partial charge in [0, 0.05) is 12.6 Å². The van der Waals surface area contributed by atoms with E-state index in [2.05, 4.69) is 0 Å². The second kappa shape index (κ2) is 7.09. The number of nitrogens with zero attached hydrogens (tertiary/aromatic N) is 1. The van der Waals surface area contributed by atoms with Gasteiger partial charge in [0.05, 0.1) is 11.7 Å². The molecule has 2 atom stereocenters. The molecule has 24 heavy (non-hydrogen) atoms. The van der Waals surface area contributed by atoms with Gasteiger partial charge in [-0.05, 0) is 37.0 Å². The molecule has 1 amide bonds. The first-order chi connectivity index (χ1) is 11.6. The largest absolute Gasteiger partial charge is 0.388 e. The smallest absolute Gasteiger partial charge is 0.257 e. The van der Waals surface area contributed by atoms with Crippen molar-refractivity contribution in [3.63, 3.8) is 0 Å². The third-order valence-electron chi connectivity index (χ3n) is 4.50. The van der Waals surface area contributed by atoms with E-state index in [0.29, 0.717) is 13.0 Å². The summed E-state index contributed by atoms with van der Waals surface area (Å²) in [5.74, 6) is -2.66. The summed E-state index contributed by atoms with van der Waals surface area (Å²) >= 11 is 0. The molecule has 0 aromatic heterocycles. The average molecular weight is 331 g/mol. The molecule has 5 heteroatoms. The molecule has 3 rings (SSSR count). The summed E-state index contributed by atoms with van der Waals surface area (Å²) in [5, 5.41) is 10.4. The summed E-state index contributed by atoms with van der Waals surface area (Å²) in [6.07, 6.45) is 1.22. The molecule has 0 saturated carbocycles. The Balaban J connectivity index is 1.76. The van der Waals surface area contributed by atoms with Crippen LogP contribution in [-0.4, -0.2) is 28.5 Å². The molecular formula is C19H19F2NO2. The Hall–Kier alpha value is -2.27. The van der Waals surface area contributed by atoms with Gasteiger partial charge in [0.15, 0.2) is 11.6 Å². The predicted molar refractivity (Wildman–Crippen MR) is 86.4 cm³/mol. The van der Waals surface area contributed by atoms with Crippen LogP contribution in [0.4, 0.5) is 8.78 Å². The second-order valence-electron chi connectivity index (χ2n) is 6.06. The first kappa shape index (κ1) is 16.6. The molecular weight excluding hydrogens is 312 g/mol. The van der Waals surface area contributed by atoms with Crippen LogP contribution in [0.2, 0.25) is 0 Å². The molecule has 1 N–H and O–H groups in total. The lowest BCUT2D eigenvalue weighted by atomic mass is 10.00. The van der Waals surface area contributed by atoms with E-state index in [9.17, 15) is 18.7 Å². The number of carbonyl (C=O) groups excluding carboxylic acids is 1. The van der Waals surface area contributed by atoms with Crippen LogP contribution in [0.15, 0.2) is 48.5 Å². The number of likely N-dealkylation sites (tertiary alicyclic amines) is 1. The van der Waals surface area contributed by atoms with Crippen molar-refractivity contribution >= 4 is 5.91 Å². The first-order valence-corrected chi connectivity index (χ1v) is 8.06. The molecule has 1 fully saturated rings. The Morgan fingerprint density at radius 2 is 1.92 bits per heavy atom. The molecule has 1 aliphatic heterocycles. The van der Waals surface area contributed by atoms with E-state index in [-0.39, 0.29) is 11.6 Å². The van der Waals surface area contributed by atoms with Crippen LogP contribution in [0.1, 0.15) is 41.3 Å². The highest BCUT2D eigenvalue weighted by molar-refractivity contribution is 5.94. The maximum atomic E-state index is 13.9. The molecule has 126 valence electrons.